The number of carboxylic acid groups (broad SMARTS) is 1. The average molecular weight is 533 g/mol. The van der Waals surface area contributed by atoms with Crippen molar-refractivity contribution in [3.05, 3.63) is 119 Å². The third-order valence-electron chi connectivity index (χ3n) is 5.85. The molecule has 1 N–H and O–H groups in total. The van der Waals surface area contributed by atoms with E-state index >= 15 is 0 Å². The van der Waals surface area contributed by atoms with E-state index in [9.17, 15) is 9.90 Å². The summed E-state index contributed by atoms with van der Waals surface area (Å²) in [5.41, 5.74) is -0.0324. The molecule has 0 aliphatic heterocycles. The van der Waals surface area contributed by atoms with Crippen molar-refractivity contribution in [2.24, 2.45) is 0 Å². The standard InChI is InChI=1S/C31H29ClO6/c1-31(30(33)34,38-29-18-16-28(17-19-29)37-22-23-6-3-2-4-7-23)24-8-12-26(13-9-24)35-20-5-21-36-27-14-10-25(32)11-15-27/h2-4,6-19H,5,20-22H2,1H3,(H,33,34). The van der Waals surface area contributed by atoms with Crippen LogP contribution in [0.4, 0.5) is 0 Å². The summed E-state index contributed by atoms with van der Waals surface area (Å²) in [6, 6.07) is 30.8. The number of ether oxygens (including phenoxy) is 4. The molecule has 0 saturated carbocycles. The fraction of sp³-hybridized carbons (Fsp3) is 0.194. The van der Waals surface area contributed by atoms with Crippen molar-refractivity contribution in [1.82, 2.24) is 0 Å². The van der Waals surface area contributed by atoms with Crippen LogP contribution in [0.5, 0.6) is 23.0 Å². The van der Waals surface area contributed by atoms with E-state index in [2.05, 4.69) is 0 Å². The van der Waals surface area contributed by atoms with Gasteiger partial charge in [0.25, 0.3) is 0 Å². The number of hydrogen-bond acceptors (Lipinski definition) is 5. The molecule has 4 aromatic carbocycles. The number of benzene rings is 4. The average Bonchev–Trinajstić information content (AvgIpc) is 2.94. The first-order valence-corrected chi connectivity index (χ1v) is 12.6. The minimum absolute atomic E-state index is 0.419. The molecule has 1 atom stereocenters. The van der Waals surface area contributed by atoms with Gasteiger partial charge in [0, 0.05) is 17.0 Å². The first kappa shape index (κ1) is 26.9. The summed E-state index contributed by atoms with van der Waals surface area (Å²) in [5, 5.41) is 10.7. The van der Waals surface area contributed by atoms with Crippen LogP contribution in [-0.4, -0.2) is 24.3 Å². The Kier molecular flexibility index (Phi) is 9.11. The summed E-state index contributed by atoms with van der Waals surface area (Å²) >= 11 is 5.87. The Hall–Kier alpha value is -4.16. The molecule has 0 spiro atoms. The molecule has 0 radical (unpaired) electrons. The molecule has 7 heteroatoms. The molecule has 0 aliphatic carbocycles. The Morgan fingerprint density at radius 1 is 0.711 bits per heavy atom. The molecule has 4 aromatic rings. The minimum atomic E-state index is -1.59. The van der Waals surface area contributed by atoms with Crippen LogP contribution in [0.25, 0.3) is 0 Å². The van der Waals surface area contributed by atoms with Gasteiger partial charge < -0.3 is 24.1 Å². The number of hydrogen-bond donors (Lipinski definition) is 1. The van der Waals surface area contributed by atoms with Gasteiger partial charge in [0.1, 0.15) is 29.6 Å². The molecule has 0 bridgehead atoms. The van der Waals surface area contributed by atoms with E-state index in [1.54, 1.807) is 60.7 Å². The molecular formula is C31H29ClO6. The molecule has 196 valence electrons. The van der Waals surface area contributed by atoms with Crippen molar-refractivity contribution in [3.63, 3.8) is 0 Å². The fourth-order valence-electron chi connectivity index (χ4n) is 3.65. The third kappa shape index (κ3) is 7.43. The second-order valence-electron chi connectivity index (χ2n) is 8.71. The van der Waals surface area contributed by atoms with Crippen LogP contribution in [0, 0.1) is 0 Å². The van der Waals surface area contributed by atoms with Crippen LogP contribution in [-0.2, 0) is 17.0 Å². The monoisotopic (exact) mass is 532 g/mol. The Morgan fingerprint density at radius 2 is 1.21 bits per heavy atom. The van der Waals surface area contributed by atoms with Crippen LogP contribution in [0.1, 0.15) is 24.5 Å². The van der Waals surface area contributed by atoms with Gasteiger partial charge in [0.05, 0.1) is 13.2 Å². The van der Waals surface area contributed by atoms with Gasteiger partial charge in [0.2, 0.25) is 5.60 Å². The minimum Gasteiger partial charge on any atom is -0.493 e. The highest BCUT2D eigenvalue weighted by atomic mass is 35.5. The maximum Gasteiger partial charge on any atom is 0.352 e. The Morgan fingerprint density at radius 3 is 1.79 bits per heavy atom. The summed E-state index contributed by atoms with van der Waals surface area (Å²) < 4.78 is 23.2. The predicted octanol–water partition coefficient (Wildman–Crippen LogP) is 7.15. The first-order valence-electron chi connectivity index (χ1n) is 12.2. The van der Waals surface area contributed by atoms with E-state index in [0.717, 1.165) is 11.3 Å². The van der Waals surface area contributed by atoms with Crippen molar-refractivity contribution in [1.29, 1.82) is 0 Å². The largest absolute Gasteiger partial charge is 0.493 e. The highest BCUT2D eigenvalue weighted by molar-refractivity contribution is 6.30. The molecule has 38 heavy (non-hydrogen) atoms. The van der Waals surface area contributed by atoms with Gasteiger partial charge in [-0.2, -0.15) is 0 Å². The van der Waals surface area contributed by atoms with Crippen LogP contribution in [0.2, 0.25) is 5.02 Å². The number of rotatable bonds is 13. The van der Waals surface area contributed by atoms with E-state index in [0.29, 0.717) is 54.1 Å². The Bertz CT molecular complexity index is 1290. The summed E-state index contributed by atoms with van der Waals surface area (Å²) in [4.78, 5) is 12.2. The third-order valence-corrected chi connectivity index (χ3v) is 6.10. The first-order chi connectivity index (χ1) is 18.4. The number of carboxylic acids is 1. The fourth-order valence-corrected chi connectivity index (χ4v) is 3.77. The zero-order valence-electron chi connectivity index (χ0n) is 21.0. The molecule has 0 aliphatic rings. The van der Waals surface area contributed by atoms with E-state index < -0.39 is 11.6 Å². The van der Waals surface area contributed by atoms with Crippen molar-refractivity contribution in [2.75, 3.05) is 13.2 Å². The van der Waals surface area contributed by atoms with Gasteiger partial charge in [-0.15, -0.1) is 0 Å². The lowest BCUT2D eigenvalue weighted by atomic mass is 9.95. The lowest BCUT2D eigenvalue weighted by molar-refractivity contribution is -0.154. The summed E-state index contributed by atoms with van der Waals surface area (Å²) in [6.07, 6.45) is 0.686. The molecule has 1 unspecified atom stereocenters. The molecule has 4 rings (SSSR count). The van der Waals surface area contributed by atoms with Crippen LogP contribution in [0.3, 0.4) is 0 Å². The molecule has 6 nitrogen and oxygen atoms in total. The topological polar surface area (TPSA) is 74.2 Å². The Balaban J connectivity index is 1.29. The molecule has 0 amide bonds. The van der Waals surface area contributed by atoms with Gasteiger partial charge in [0.15, 0.2) is 0 Å². The maximum atomic E-state index is 12.2. The Labute approximate surface area is 227 Å². The second kappa shape index (κ2) is 12.9. The van der Waals surface area contributed by atoms with Gasteiger partial charge in [-0.3, -0.25) is 0 Å². The normalized spacial score (nSPS) is 12.3. The smallest absolute Gasteiger partial charge is 0.352 e. The lowest BCUT2D eigenvalue weighted by Gasteiger charge is -2.27. The zero-order chi connectivity index (χ0) is 26.8. The van der Waals surface area contributed by atoms with Crippen LogP contribution in [0.15, 0.2) is 103 Å². The molecule has 0 fully saturated rings. The van der Waals surface area contributed by atoms with Gasteiger partial charge >= 0.3 is 5.97 Å². The van der Waals surface area contributed by atoms with E-state index in [1.165, 1.54) is 6.92 Å². The van der Waals surface area contributed by atoms with Crippen molar-refractivity contribution in [2.45, 2.75) is 25.6 Å². The summed E-state index contributed by atoms with van der Waals surface area (Å²) in [7, 11) is 0. The highest BCUT2D eigenvalue weighted by Gasteiger charge is 2.38. The second-order valence-corrected chi connectivity index (χ2v) is 9.15. The lowest BCUT2D eigenvalue weighted by Crippen LogP contribution is -2.38. The van der Waals surface area contributed by atoms with Crippen LogP contribution >= 0.6 is 11.6 Å². The SMILES string of the molecule is CC(Oc1ccc(OCc2ccccc2)cc1)(C(=O)O)c1ccc(OCCCOc2ccc(Cl)cc2)cc1. The van der Waals surface area contributed by atoms with Crippen molar-refractivity contribution >= 4 is 17.6 Å². The summed E-state index contributed by atoms with van der Waals surface area (Å²) in [6.45, 7) is 2.93. The molecule has 0 aromatic heterocycles. The van der Waals surface area contributed by atoms with Crippen molar-refractivity contribution in [3.8, 4) is 23.0 Å². The maximum absolute atomic E-state index is 12.2. The van der Waals surface area contributed by atoms with Crippen LogP contribution < -0.4 is 18.9 Å². The van der Waals surface area contributed by atoms with E-state index in [4.69, 9.17) is 30.5 Å². The predicted molar refractivity (Wildman–Crippen MR) is 146 cm³/mol. The zero-order valence-corrected chi connectivity index (χ0v) is 21.8. The van der Waals surface area contributed by atoms with Gasteiger partial charge in [-0.25, -0.2) is 4.79 Å². The van der Waals surface area contributed by atoms with E-state index in [-0.39, 0.29) is 0 Å². The quantitative estimate of drug-likeness (QED) is 0.184. The van der Waals surface area contributed by atoms with Gasteiger partial charge in [-0.05, 0) is 73.2 Å². The van der Waals surface area contributed by atoms with E-state index in [1.807, 2.05) is 42.5 Å². The number of halogens is 1. The molecular weight excluding hydrogens is 504 g/mol. The molecule has 0 heterocycles. The number of aliphatic carboxylic acids is 1. The van der Waals surface area contributed by atoms with Gasteiger partial charge in [-0.1, -0.05) is 54.1 Å². The highest BCUT2D eigenvalue weighted by Crippen LogP contribution is 2.31. The van der Waals surface area contributed by atoms with Crippen molar-refractivity contribution < 1.29 is 28.8 Å². The number of carbonyl (C=O) groups is 1. The molecule has 0 saturated heterocycles. The summed E-state index contributed by atoms with van der Waals surface area (Å²) in [5.74, 6) is 1.37.